The molecule has 22 heavy (non-hydrogen) atoms. The van der Waals surface area contributed by atoms with Crippen LogP contribution in [0.2, 0.25) is 5.02 Å². The Morgan fingerprint density at radius 3 is 2.82 bits per heavy atom. The molecule has 4 nitrogen and oxygen atoms in total. The van der Waals surface area contributed by atoms with Crippen molar-refractivity contribution in [2.24, 2.45) is 11.8 Å². The van der Waals surface area contributed by atoms with E-state index in [-0.39, 0.29) is 12.7 Å². The predicted molar refractivity (Wildman–Crippen MR) is 83.5 cm³/mol. The lowest BCUT2D eigenvalue weighted by Crippen LogP contribution is -2.44. The molecule has 118 valence electrons. The standard InChI is InChI=1S/C17H20ClNO3/c18-14-7-13(8-15-16(14)22-10-21-15)17(20)19-6-5-11-3-1-2-4-12(11)9-19/h7-8,11-12H,1-6,9-10H2/t11-,12-/m0/s1. The molecular formula is C17H20ClNO3. The van der Waals surface area contributed by atoms with E-state index in [4.69, 9.17) is 21.1 Å². The zero-order valence-electron chi connectivity index (χ0n) is 12.5. The highest BCUT2D eigenvalue weighted by Gasteiger charge is 2.33. The highest BCUT2D eigenvalue weighted by atomic mass is 35.5. The molecule has 0 radical (unpaired) electrons. The van der Waals surface area contributed by atoms with Crippen LogP contribution in [-0.2, 0) is 0 Å². The van der Waals surface area contributed by atoms with Gasteiger partial charge >= 0.3 is 0 Å². The molecule has 0 spiro atoms. The van der Waals surface area contributed by atoms with Gasteiger partial charge in [0.15, 0.2) is 11.5 Å². The Morgan fingerprint density at radius 1 is 1.14 bits per heavy atom. The molecule has 2 heterocycles. The van der Waals surface area contributed by atoms with Crippen LogP contribution in [0.1, 0.15) is 42.5 Å². The molecular weight excluding hydrogens is 302 g/mol. The zero-order valence-corrected chi connectivity index (χ0v) is 13.3. The van der Waals surface area contributed by atoms with E-state index in [0.29, 0.717) is 28.0 Å². The van der Waals surface area contributed by atoms with Gasteiger partial charge in [0.1, 0.15) is 0 Å². The molecule has 2 fully saturated rings. The summed E-state index contributed by atoms with van der Waals surface area (Å²) in [6.45, 7) is 1.90. The Morgan fingerprint density at radius 2 is 1.95 bits per heavy atom. The third-order valence-corrected chi connectivity index (χ3v) is 5.53. The van der Waals surface area contributed by atoms with E-state index in [9.17, 15) is 4.79 Å². The summed E-state index contributed by atoms with van der Waals surface area (Å²) in [6.07, 6.45) is 6.39. The monoisotopic (exact) mass is 321 g/mol. The van der Waals surface area contributed by atoms with Crippen molar-refractivity contribution < 1.29 is 14.3 Å². The number of amides is 1. The number of rotatable bonds is 1. The van der Waals surface area contributed by atoms with E-state index >= 15 is 0 Å². The van der Waals surface area contributed by atoms with Crippen molar-refractivity contribution in [1.82, 2.24) is 4.90 Å². The van der Waals surface area contributed by atoms with Crippen molar-refractivity contribution in [2.75, 3.05) is 19.9 Å². The number of fused-ring (bicyclic) bond motifs is 2. The minimum Gasteiger partial charge on any atom is -0.454 e. The third-order valence-electron chi connectivity index (χ3n) is 5.25. The van der Waals surface area contributed by atoms with Gasteiger partial charge in [-0.05, 0) is 36.8 Å². The van der Waals surface area contributed by atoms with Crippen molar-refractivity contribution in [1.29, 1.82) is 0 Å². The van der Waals surface area contributed by atoms with Crippen LogP contribution in [0.4, 0.5) is 0 Å². The normalized spacial score (nSPS) is 26.7. The Labute approximate surface area is 135 Å². The first-order valence-electron chi connectivity index (χ1n) is 8.11. The Kier molecular flexibility index (Phi) is 3.65. The van der Waals surface area contributed by atoms with Crippen LogP contribution >= 0.6 is 11.6 Å². The molecule has 5 heteroatoms. The molecule has 0 bridgehead atoms. The Bertz CT molecular complexity index is 604. The topological polar surface area (TPSA) is 38.8 Å². The summed E-state index contributed by atoms with van der Waals surface area (Å²) in [6, 6.07) is 3.45. The van der Waals surface area contributed by atoms with Crippen LogP contribution in [-0.4, -0.2) is 30.7 Å². The maximum Gasteiger partial charge on any atom is 0.254 e. The number of piperidine rings is 1. The van der Waals surface area contributed by atoms with E-state index in [1.807, 2.05) is 4.90 Å². The average molecular weight is 322 g/mol. The molecule has 1 saturated carbocycles. The predicted octanol–water partition coefficient (Wildman–Crippen LogP) is 3.72. The van der Waals surface area contributed by atoms with Gasteiger partial charge in [0.2, 0.25) is 6.79 Å². The fourth-order valence-corrected chi connectivity index (χ4v) is 4.32. The molecule has 0 unspecified atom stereocenters. The molecule has 0 N–H and O–H groups in total. The number of hydrogen-bond acceptors (Lipinski definition) is 3. The first-order chi connectivity index (χ1) is 10.7. The number of carbonyl (C=O) groups is 1. The van der Waals surface area contributed by atoms with Crippen molar-refractivity contribution in [2.45, 2.75) is 32.1 Å². The number of carbonyl (C=O) groups excluding carboxylic acids is 1. The van der Waals surface area contributed by atoms with Gasteiger partial charge in [-0.25, -0.2) is 0 Å². The van der Waals surface area contributed by atoms with Gasteiger partial charge in [-0.1, -0.05) is 30.9 Å². The Balaban J connectivity index is 1.53. The van der Waals surface area contributed by atoms with Crippen LogP contribution < -0.4 is 9.47 Å². The van der Waals surface area contributed by atoms with Crippen LogP contribution in [0.5, 0.6) is 11.5 Å². The third kappa shape index (κ3) is 2.43. The Hall–Kier alpha value is -1.42. The lowest BCUT2D eigenvalue weighted by atomic mass is 9.75. The molecule has 1 aromatic carbocycles. The van der Waals surface area contributed by atoms with Gasteiger partial charge in [-0.3, -0.25) is 4.79 Å². The zero-order chi connectivity index (χ0) is 15.1. The molecule has 1 aliphatic carbocycles. The maximum absolute atomic E-state index is 12.8. The average Bonchev–Trinajstić information content (AvgIpc) is 3.03. The summed E-state index contributed by atoms with van der Waals surface area (Å²) in [5.41, 5.74) is 0.600. The van der Waals surface area contributed by atoms with Gasteiger partial charge in [-0.15, -0.1) is 0 Å². The summed E-state index contributed by atoms with van der Waals surface area (Å²) in [5, 5.41) is 0.450. The maximum atomic E-state index is 12.8. The van der Waals surface area contributed by atoms with Crippen LogP contribution in [0, 0.1) is 11.8 Å². The summed E-state index contributed by atoms with van der Waals surface area (Å²) in [5.74, 6) is 2.67. The van der Waals surface area contributed by atoms with Crippen LogP contribution in [0.3, 0.4) is 0 Å². The summed E-state index contributed by atoms with van der Waals surface area (Å²) in [4.78, 5) is 14.8. The molecule has 3 aliphatic rings. The molecule has 1 aromatic rings. The van der Waals surface area contributed by atoms with Crippen LogP contribution in [0.25, 0.3) is 0 Å². The van der Waals surface area contributed by atoms with E-state index in [2.05, 4.69) is 0 Å². The van der Waals surface area contributed by atoms with Crippen molar-refractivity contribution in [3.05, 3.63) is 22.7 Å². The molecule has 2 atom stereocenters. The molecule has 4 rings (SSSR count). The SMILES string of the molecule is O=C(c1cc(Cl)c2c(c1)OCO2)N1CC[C@@H]2CCCC[C@H]2C1. The summed E-state index contributed by atoms with van der Waals surface area (Å²) >= 11 is 6.19. The van der Waals surface area contributed by atoms with Crippen molar-refractivity contribution in [3.8, 4) is 11.5 Å². The second kappa shape index (κ2) is 5.65. The summed E-state index contributed by atoms with van der Waals surface area (Å²) in [7, 11) is 0. The number of halogens is 1. The minimum absolute atomic E-state index is 0.0595. The number of hydrogen-bond donors (Lipinski definition) is 0. The number of benzene rings is 1. The molecule has 0 aromatic heterocycles. The lowest BCUT2D eigenvalue weighted by molar-refractivity contribution is 0.0520. The first-order valence-corrected chi connectivity index (χ1v) is 8.48. The highest BCUT2D eigenvalue weighted by Crippen LogP contribution is 2.41. The fourth-order valence-electron chi connectivity index (χ4n) is 4.06. The van der Waals surface area contributed by atoms with Crippen LogP contribution in [0.15, 0.2) is 12.1 Å². The van der Waals surface area contributed by atoms with E-state index in [1.165, 1.54) is 25.7 Å². The smallest absolute Gasteiger partial charge is 0.254 e. The van der Waals surface area contributed by atoms with Gasteiger partial charge in [0.05, 0.1) is 5.02 Å². The second-order valence-electron chi connectivity index (χ2n) is 6.54. The minimum atomic E-state index is 0.0595. The van der Waals surface area contributed by atoms with E-state index in [1.54, 1.807) is 12.1 Å². The van der Waals surface area contributed by atoms with Gasteiger partial charge in [-0.2, -0.15) is 0 Å². The number of nitrogens with zero attached hydrogens (tertiary/aromatic N) is 1. The number of likely N-dealkylation sites (tertiary alicyclic amines) is 1. The summed E-state index contributed by atoms with van der Waals surface area (Å²) < 4.78 is 10.7. The first kappa shape index (κ1) is 14.2. The number of ether oxygens (including phenoxy) is 2. The van der Waals surface area contributed by atoms with E-state index in [0.717, 1.165) is 25.4 Å². The highest BCUT2D eigenvalue weighted by molar-refractivity contribution is 6.32. The van der Waals surface area contributed by atoms with E-state index < -0.39 is 0 Å². The molecule has 1 amide bonds. The largest absolute Gasteiger partial charge is 0.454 e. The second-order valence-corrected chi connectivity index (χ2v) is 6.94. The van der Waals surface area contributed by atoms with Gasteiger partial charge < -0.3 is 14.4 Å². The fraction of sp³-hybridized carbons (Fsp3) is 0.588. The van der Waals surface area contributed by atoms with Gasteiger partial charge in [0, 0.05) is 18.7 Å². The molecule has 1 saturated heterocycles. The van der Waals surface area contributed by atoms with Crippen molar-refractivity contribution in [3.63, 3.8) is 0 Å². The van der Waals surface area contributed by atoms with Crippen molar-refractivity contribution >= 4 is 17.5 Å². The quantitative estimate of drug-likeness (QED) is 0.791. The molecule has 2 aliphatic heterocycles. The van der Waals surface area contributed by atoms with Gasteiger partial charge in [0.25, 0.3) is 5.91 Å². The lowest BCUT2D eigenvalue weighted by Gasteiger charge is -2.41.